The van der Waals surface area contributed by atoms with E-state index in [1.54, 1.807) is 0 Å². The molecular weight excluding hydrogens is 236 g/mol. The number of carbonyl (C=O) groups excluding carboxylic acids is 1. The number of rotatable bonds is 6. The molecule has 0 aromatic rings. The highest BCUT2D eigenvalue weighted by molar-refractivity contribution is 5.83. The van der Waals surface area contributed by atoms with Crippen LogP contribution in [-0.4, -0.2) is 54.4 Å². The zero-order valence-corrected chi connectivity index (χ0v) is 10.6. The van der Waals surface area contributed by atoms with Crippen LogP contribution in [-0.2, 0) is 9.53 Å². The van der Waals surface area contributed by atoms with E-state index in [0.29, 0.717) is 32.7 Å². The number of hydrogen-bond donors (Lipinski definition) is 2. The first-order valence-electron chi connectivity index (χ1n) is 6.01. The van der Waals surface area contributed by atoms with Crippen LogP contribution in [0.5, 0.6) is 0 Å². The van der Waals surface area contributed by atoms with Gasteiger partial charge in [0.25, 0.3) is 0 Å². The molecule has 1 rings (SSSR count). The monoisotopic (exact) mass is 256 g/mol. The van der Waals surface area contributed by atoms with Gasteiger partial charge in [0.1, 0.15) is 6.04 Å². The standard InChI is InChI=1S/C12H20N2O4/c1-9(2)8-18-7-5-13-12(17)14-6-3-4-10(14)11(15)16/h10H,1,3-8H2,2H3,(H,13,17)(H,15,16). The van der Waals surface area contributed by atoms with Gasteiger partial charge in [-0.3, -0.25) is 0 Å². The van der Waals surface area contributed by atoms with Gasteiger partial charge in [-0.15, -0.1) is 0 Å². The van der Waals surface area contributed by atoms with Crippen LogP contribution in [0.2, 0.25) is 0 Å². The highest BCUT2D eigenvalue weighted by Gasteiger charge is 2.33. The van der Waals surface area contributed by atoms with Gasteiger partial charge in [-0.05, 0) is 19.8 Å². The van der Waals surface area contributed by atoms with E-state index in [1.807, 2.05) is 6.92 Å². The van der Waals surface area contributed by atoms with Gasteiger partial charge in [-0.2, -0.15) is 0 Å². The van der Waals surface area contributed by atoms with Gasteiger partial charge in [-0.1, -0.05) is 12.2 Å². The molecule has 1 aliphatic rings. The number of urea groups is 1. The van der Waals surface area contributed by atoms with Crippen molar-refractivity contribution in [2.24, 2.45) is 0 Å². The highest BCUT2D eigenvalue weighted by atomic mass is 16.5. The number of likely N-dealkylation sites (tertiary alicyclic amines) is 1. The Bertz CT molecular complexity index is 330. The summed E-state index contributed by atoms with van der Waals surface area (Å²) in [5.41, 5.74) is 0.923. The topological polar surface area (TPSA) is 78.9 Å². The van der Waals surface area contributed by atoms with Gasteiger partial charge < -0.3 is 20.1 Å². The van der Waals surface area contributed by atoms with E-state index in [4.69, 9.17) is 9.84 Å². The van der Waals surface area contributed by atoms with E-state index in [9.17, 15) is 9.59 Å². The zero-order chi connectivity index (χ0) is 13.5. The summed E-state index contributed by atoms with van der Waals surface area (Å²) in [7, 11) is 0. The Morgan fingerprint density at radius 2 is 2.28 bits per heavy atom. The first-order valence-corrected chi connectivity index (χ1v) is 6.01. The second-order valence-electron chi connectivity index (χ2n) is 4.43. The number of carboxylic acid groups (broad SMARTS) is 1. The van der Waals surface area contributed by atoms with Crippen LogP contribution in [0.4, 0.5) is 4.79 Å². The predicted molar refractivity (Wildman–Crippen MR) is 66.4 cm³/mol. The Balaban J connectivity index is 2.24. The van der Waals surface area contributed by atoms with E-state index in [2.05, 4.69) is 11.9 Å². The minimum absolute atomic E-state index is 0.334. The average molecular weight is 256 g/mol. The number of aliphatic carboxylic acids is 1. The summed E-state index contributed by atoms with van der Waals surface area (Å²) in [5.74, 6) is -0.943. The molecular formula is C12H20N2O4. The first kappa shape index (κ1) is 14.5. The minimum atomic E-state index is -0.943. The molecule has 1 aliphatic heterocycles. The number of carbonyl (C=O) groups is 2. The van der Waals surface area contributed by atoms with Crippen LogP contribution in [0.25, 0.3) is 0 Å². The lowest BCUT2D eigenvalue weighted by molar-refractivity contribution is -0.141. The smallest absolute Gasteiger partial charge is 0.326 e. The molecule has 2 N–H and O–H groups in total. The maximum absolute atomic E-state index is 11.7. The molecule has 1 atom stereocenters. The molecule has 1 unspecified atom stereocenters. The second-order valence-corrected chi connectivity index (χ2v) is 4.43. The minimum Gasteiger partial charge on any atom is -0.480 e. The quantitative estimate of drug-likeness (QED) is 0.545. The summed E-state index contributed by atoms with van der Waals surface area (Å²) in [5, 5.41) is 11.6. The largest absolute Gasteiger partial charge is 0.480 e. The number of hydrogen-bond acceptors (Lipinski definition) is 3. The van der Waals surface area contributed by atoms with Gasteiger partial charge >= 0.3 is 12.0 Å². The van der Waals surface area contributed by atoms with Crippen molar-refractivity contribution < 1.29 is 19.4 Å². The van der Waals surface area contributed by atoms with Crippen LogP contribution in [0.15, 0.2) is 12.2 Å². The Morgan fingerprint density at radius 1 is 1.56 bits per heavy atom. The summed E-state index contributed by atoms with van der Waals surface area (Å²) >= 11 is 0. The van der Waals surface area contributed by atoms with Gasteiger partial charge in [0.15, 0.2) is 0 Å². The number of nitrogens with one attached hydrogen (secondary N) is 1. The fraction of sp³-hybridized carbons (Fsp3) is 0.667. The van der Waals surface area contributed by atoms with Crippen LogP contribution in [0, 0.1) is 0 Å². The molecule has 0 saturated carbocycles. The molecule has 6 nitrogen and oxygen atoms in total. The van der Waals surface area contributed by atoms with Crippen molar-refractivity contribution in [3.63, 3.8) is 0 Å². The summed E-state index contributed by atoms with van der Waals surface area (Å²) in [6.07, 6.45) is 1.26. The van der Waals surface area contributed by atoms with Crippen molar-refractivity contribution in [1.29, 1.82) is 0 Å². The van der Waals surface area contributed by atoms with E-state index in [-0.39, 0.29) is 6.03 Å². The van der Waals surface area contributed by atoms with Crippen molar-refractivity contribution in [2.75, 3.05) is 26.3 Å². The molecule has 1 saturated heterocycles. The van der Waals surface area contributed by atoms with Gasteiger partial charge in [0.2, 0.25) is 0 Å². The van der Waals surface area contributed by atoms with Gasteiger partial charge in [0.05, 0.1) is 13.2 Å². The van der Waals surface area contributed by atoms with Crippen LogP contribution in [0.1, 0.15) is 19.8 Å². The van der Waals surface area contributed by atoms with Crippen molar-refractivity contribution in [3.8, 4) is 0 Å². The first-order chi connectivity index (χ1) is 8.52. The maximum atomic E-state index is 11.7. The molecule has 0 radical (unpaired) electrons. The second kappa shape index (κ2) is 7.00. The molecule has 0 aliphatic carbocycles. The zero-order valence-electron chi connectivity index (χ0n) is 10.6. The molecule has 0 aromatic carbocycles. The summed E-state index contributed by atoms with van der Waals surface area (Å²) in [4.78, 5) is 24.0. The van der Waals surface area contributed by atoms with Crippen molar-refractivity contribution in [1.82, 2.24) is 10.2 Å². The number of carboxylic acids is 1. The molecule has 102 valence electrons. The third-order valence-corrected chi connectivity index (χ3v) is 2.67. The third kappa shape index (κ3) is 4.37. The summed E-state index contributed by atoms with van der Waals surface area (Å²) < 4.78 is 5.23. The van der Waals surface area contributed by atoms with Gasteiger partial charge in [0, 0.05) is 13.1 Å². The SMILES string of the molecule is C=C(C)COCCNC(=O)N1CCCC1C(=O)O. The van der Waals surface area contributed by atoms with Crippen molar-refractivity contribution >= 4 is 12.0 Å². The van der Waals surface area contributed by atoms with Crippen LogP contribution >= 0.6 is 0 Å². The lowest BCUT2D eigenvalue weighted by Crippen LogP contribution is -2.46. The fourth-order valence-corrected chi connectivity index (χ4v) is 1.84. The third-order valence-electron chi connectivity index (χ3n) is 2.67. The maximum Gasteiger partial charge on any atom is 0.326 e. The Hall–Kier alpha value is -1.56. The molecule has 2 amide bonds. The van der Waals surface area contributed by atoms with E-state index >= 15 is 0 Å². The molecule has 0 bridgehead atoms. The Labute approximate surface area is 107 Å². The van der Waals surface area contributed by atoms with E-state index in [0.717, 1.165) is 12.0 Å². The molecule has 0 aromatic heterocycles. The van der Waals surface area contributed by atoms with Crippen molar-refractivity contribution in [2.45, 2.75) is 25.8 Å². The molecule has 0 spiro atoms. The van der Waals surface area contributed by atoms with Crippen LogP contribution < -0.4 is 5.32 Å². The number of nitrogens with zero attached hydrogens (tertiary/aromatic N) is 1. The normalized spacial score (nSPS) is 18.7. The Kier molecular flexibility index (Phi) is 5.64. The lowest BCUT2D eigenvalue weighted by atomic mass is 10.2. The van der Waals surface area contributed by atoms with Gasteiger partial charge in [-0.25, -0.2) is 9.59 Å². The number of amides is 2. The number of ether oxygens (including phenoxy) is 1. The average Bonchev–Trinajstić information content (AvgIpc) is 2.76. The predicted octanol–water partition coefficient (Wildman–Crippen LogP) is 0.838. The molecule has 1 heterocycles. The fourth-order valence-electron chi connectivity index (χ4n) is 1.84. The Morgan fingerprint density at radius 3 is 2.89 bits per heavy atom. The lowest BCUT2D eigenvalue weighted by Gasteiger charge is -2.21. The van der Waals surface area contributed by atoms with E-state index in [1.165, 1.54) is 4.90 Å². The van der Waals surface area contributed by atoms with Crippen molar-refractivity contribution in [3.05, 3.63) is 12.2 Å². The molecule has 18 heavy (non-hydrogen) atoms. The van der Waals surface area contributed by atoms with Crippen LogP contribution in [0.3, 0.4) is 0 Å². The highest BCUT2D eigenvalue weighted by Crippen LogP contribution is 2.16. The summed E-state index contributed by atoms with van der Waals surface area (Å²) in [6, 6.07) is -1.03. The molecule has 1 fully saturated rings. The summed E-state index contributed by atoms with van der Waals surface area (Å²) in [6.45, 7) is 7.28. The molecule has 6 heteroatoms. The van der Waals surface area contributed by atoms with E-state index < -0.39 is 12.0 Å².